The van der Waals surface area contributed by atoms with Gasteiger partial charge in [0.2, 0.25) is 0 Å². The molecule has 1 aliphatic rings. The number of nitrogens with one attached hydrogen (secondary N) is 1. The van der Waals surface area contributed by atoms with Gasteiger partial charge in [0.05, 0.1) is 0 Å². The van der Waals surface area contributed by atoms with Gasteiger partial charge in [-0.05, 0) is 29.1 Å². The number of benzene rings is 1. The summed E-state index contributed by atoms with van der Waals surface area (Å²) in [5.74, 6) is 0. The largest absolute Gasteiger partial charge is 0.353 e. The van der Waals surface area contributed by atoms with Crippen LogP contribution in [0, 0.1) is 5.41 Å². The summed E-state index contributed by atoms with van der Waals surface area (Å²) in [6.07, 6.45) is 5.84. The molecule has 0 heterocycles. The summed E-state index contributed by atoms with van der Waals surface area (Å²) >= 11 is 0. The number of allylic oxidation sites excluding steroid dienone is 4. The summed E-state index contributed by atoms with van der Waals surface area (Å²) in [5.41, 5.74) is 1.77. The van der Waals surface area contributed by atoms with Crippen molar-refractivity contribution in [2.45, 2.75) is 53.4 Å². The average molecular weight is 330 g/mol. The van der Waals surface area contributed by atoms with E-state index in [-0.39, 0.29) is 5.41 Å². The van der Waals surface area contributed by atoms with Crippen LogP contribution in [0.25, 0.3) is 0 Å². The molecule has 1 aromatic rings. The van der Waals surface area contributed by atoms with Crippen molar-refractivity contribution in [1.82, 2.24) is 4.65 Å². The van der Waals surface area contributed by atoms with Crippen molar-refractivity contribution in [2.75, 3.05) is 0 Å². The van der Waals surface area contributed by atoms with Crippen LogP contribution in [0.2, 0.25) is 26.2 Å². The number of rotatable bonds is 4. The topological polar surface area (TPSA) is 12.0 Å². The lowest BCUT2D eigenvalue weighted by Gasteiger charge is -2.39. The first kappa shape index (κ1) is 17.4. The van der Waals surface area contributed by atoms with Gasteiger partial charge in [-0.1, -0.05) is 88.1 Å². The molecule has 1 atom stereocenters. The van der Waals surface area contributed by atoms with Crippen LogP contribution < -0.4 is 9.83 Å². The van der Waals surface area contributed by atoms with E-state index in [2.05, 4.69) is 94.1 Å². The molecule has 0 saturated carbocycles. The summed E-state index contributed by atoms with van der Waals surface area (Å²) in [6.45, 7) is 16.8. The molecule has 0 radical (unpaired) electrons. The lowest BCUT2D eigenvalue weighted by atomic mass is 9.87. The smallest absolute Gasteiger partial charge is 0.176 e. The van der Waals surface area contributed by atoms with Gasteiger partial charge in [-0.2, -0.15) is 0 Å². The van der Waals surface area contributed by atoms with E-state index in [1.54, 1.807) is 10.8 Å². The van der Waals surface area contributed by atoms with E-state index in [9.17, 15) is 0 Å². The van der Waals surface area contributed by atoms with Crippen LogP contribution in [0.1, 0.15) is 27.2 Å². The molecule has 0 fully saturated rings. The van der Waals surface area contributed by atoms with Gasteiger partial charge in [-0.25, -0.2) is 0 Å². The molecule has 0 saturated heterocycles. The Hall–Kier alpha value is -0.906. The summed E-state index contributed by atoms with van der Waals surface area (Å²) in [5, 5.41) is 3.19. The van der Waals surface area contributed by atoms with Crippen molar-refractivity contribution in [1.29, 1.82) is 0 Å². The zero-order valence-electron chi connectivity index (χ0n) is 15.2. The Balaban J connectivity index is 2.60. The van der Waals surface area contributed by atoms with Gasteiger partial charge in [0, 0.05) is 0 Å². The third-order valence-electron chi connectivity index (χ3n) is 4.32. The first-order valence-corrected chi connectivity index (χ1v) is 14.3. The first-order valence-electron chi connectivity index (χ1n) is 8.29. The highest BCUT2D eigenvalue weighted by molar-refractivity contribution is 7.02. The van der Waals surface area contributed by atoms with Gasteiger partial charge in [0.1, 0.15) is 8.24 Å². The molecule has 2 rings (SSSR count). The Morgan fingerprint density at radius 3 is 2.05 bits per heavy atom. The van der Waals surface area contributed by atoms with Crippen LogP contribution >= 0.6 is 0 Å². The maximum atomic E-state index is 4.17. The third-order valence-corrected chi connectivity index (χ3v) is 12.5. The second kappa shape index (κ2) is 5.95. The molecule has 1 N–H and O–H groups in total. The van der Waals surface area contributed by atoms with Crippen molar-refractivity contribution >= 4 is 21.7 Å². The molecule has 0 amide bonds. The van der Waals surface area contributed by atoms with E-state index in [0.717, 1.165) is 6.42 Å². The van der Waals surface area contributed by atoms with Crippen LogP contribution in [0.4, 0.5) is 0 Å². The molecule has 0 aromatic heterocycles. The van der Waals surface area contributed by atoms with E-state index in [0.29, 0.717) is 0 Å². The summed E-state index contributed by atoms with van der Waals surface area (Å²) in [6, 6.07) is 11.1. The first-order chi connectivity index (χ1) is 10.0. The van der Waals surface area contributed by atoms with Gasteiger partial charge < -0.3 is 4.65 Å². The highest BCUT2D eigenvalue weighted by Gasteiger charge is 2.41. The molecule has 3 heteroatoms. The Labute approximate surface area is 138 Å². The zero-order chi connectivity index (χ0) is 16.6. The van der Waals surface area contributed by atoms with E-state index < -0.39 is 16.5 Å². The molecule has 120 valence electrons. The maximum absolute atomic E-state index is 4.17. The lowest BCUT2D eigenvalue weighted by molar-refractivity contribution is 0.516. The zero-order valence-corrected chi connectivity index (χ0v) is 17.2. The average Bonchev–Trinajstić information content (AvgIpc) is 2.87. The van der Waals surface area contributed by atoms with Crippen molar-refractivity contribution in [2.24, 2.45) is 5.41 Å². The Bertz CT molecular complexity index is 588. The molecule has 1 unspecified atom stereocenters. The highest BCUT2D eigenvalue weighted by atomic mass is 28.4. The molecular formula is C19H31NSi2. The van der Waals surface area contributed by atoms with Crippen molar-refractivity contribution < 1.29 is 0 Å². The highest BCUT2D eigenvalue weighted by Crippen LogP contribution is 2.38. The van der Waals surface area contributed by atoms with Crippen LogP contribution in [-0.4, -0.2) is 16.5 Å². The van der Waals surface area contributed by atoms with Crippen LogP contribution in [0.5, 0.6) is 0 Å². The standard InChI is InChI=1S/C19H31NSi2/c1-19(2,3)17-14-11-15-18(17)22(7,20-21(4,5)6)16-12-9-8-10-13-16/h8-14,20H,15H2,1-7H3. The maximum Gasteiger partial charge on any atom is 0.176 e. The monoisotopic (exact) mass is 329 g/mol. The quantitative estimate of drug-likeness (QED) is 0.787. The number of hydrogen-bond acceptors (Lipinski definition) is 1. The SMILES string of the molecule is CC(C)(C)C1=C([Si](C)(N[Si](C)(C)C)c2ccccc2)CC=C1. The van der Waals surface area contributed by atoms with Gasteiger partial charge in [-0.3, -0.25) is 0 Å². The molecule has 1 aromatic carbocycles. The van der Waals surface area contributed by atoms with Crippen LogP contribution in [0.3, 0.4) is 0 Å². The minimum absolute atomic E-state index is 0.215. The minimum Gasteiger partial charge on any atom is -0.353 e. The predicted molar refractivity (Wildman–Crippen MR) is 104 cm³/mol. The molecule has 1 aliphatic carbocycles. The lowest BCUT2D eigenvalue weighted by Crippen LogP contribution is -2.67. The van der Waals surface area contributed by atoms with Gasteiger partial charge in [-0.15, -0.1) is 0 Å². The molecule has 22 heavy (non-hydrogen) atoms. The molecule has 1 nitrogen and oxygen atoms in total. The van der Waals surface area contributed by atoms with Gasteiger partial charge in [0.15, 0.2) is 8.24 Å². The van der Waals surface area contributed by atoms with Crippen LogP contribution in [0.15, 0.2) is 53.3 Å². The van der Waals surface area contributed by atoms with Crippen molar-refractivity contribution in [3.8, 4) is 0 Å². The van der Waals surface area contributed by atoms with E-state index in [4.69, 9.17) is 0 Å². The third kappa shape index (κ3) is 3.70. The van der Waals surface area contributed by atoms with Gasteiger partial charge in [0.25, 0.3) is 0 Å². The van der Waals surface area contributed by atoms with Crippen LogP contribution in [-0.2, 0) is 0 Å². The number of hydrogen-bond donors (Lipinski definition) is 1. The molecule has 0 aliphatic heterocycles. The fourth-order valence-corrected chi connectivity index (χ4v) is 13.4. The molecule has 0 bridgehead atoms. The second-order valence-corrected chi connectivity index (χ2v) is 17.5. The Morgan fingerprint density at radius 1 is 0.955 bits per heavy atom. The molecular weight excluding hydrogens is 298 g/mol. The van der Waals surface area contributed by atoms with E-state index in [1.807, 2.05) is 0 Å². The fraction of sp³-hybridized carbons (Fsp3) is 0.474. The fourth-order valence-electron chi connectivity index (χ4n) is 3.52. The Kier molecular flexibility index (Phi) is 4.72. The van der Waals surface area contributed by atoms with Crippen molar-refractivity contribution in [3.05, 3.63) is 53.3 Å². The summed E-state index contributed by atoms with van der Waals surface area (Å²) in [4.78, 5) is 0. The Morgan fingerprint density at radius 2 is 1.55 bits per heavy atom. The summed E-state index contributed by atoms with van der Waals surface area (Å²) < 4.78 is 4.17. The predicted octanol–water partition coefficient (Wildman–Crippen LogP) is 4.74. The van der Waals surface area contributed by atoms with Crippen molar-refractivity contribution in [3.63, 3.8) is 0 Å². The molecule has 0 spiro atoms. The second-order valence-electron chi connectivity index (χ2n) is 8.61. The van der Waals surface area contributed by atoms with E-state index in [1.165, 1.54) is 5.19 Å². The summed E-state index contributed by atoms with van der Waals surface area (Å²) in [7, 11) is -3.25. The minimum atomic E-state index is -1.87. The normalized spacial score (nSPS) is 18.7. The van der Waals surface area contributed by atoms with E-state index >= 15 is 0 Å². The van der Waals surface area contributed by atoms with Gasteiger partial charge >= 0.3 is 0 Å².